The van der Waals surface area contributed by atoms with Gasteiger partial charge in [-0.3, -0.25) is 4.90 Å². The van der Waals surface area contributed by atoms with Gasteiger partial charge in [-0.25, -0.2) is 4.39 Å². The standard InChI is InChI=1S/C17H24BrFN2/c1-12(16-10-14(18)2-5-17(16)19)21(15-3-4-15)11-13-6-8-20-9-7-13/h2,5,10,12-13,15,20H,3-4,6-9,11H2,1H3. The van der Waals surface area contributed by atoms with E-state index in [1.54, 1.807) is 12.1 Å². The van der Waals surface area contributed by atoms with Gasteiger partial charge in [-0.2, -0.15) is 0 Å². The number of piperidine rings is 1. The third-order valence-electron chi connectivity index (χ3n) is 4.85. The lowest BCUT2D eigenvalue weighted by Crippen LogP contribution is -2.38. The fraction of sp³-hybridized carbons (Fsp3) is 0.647. The largest absolute Gasteiger partial charge is 0.317 e. The number of hydrogen-bond donors (Lipinski definition) is 1. The van der Waals surface area contributed by atoms with Crippen molar-refractivity contribution in [2.24, 2.45) is 5.92 Å². The van der Waals surface area contributed by atoms with Crippen molar-refractivity contribution >= 4 is 15.9 Å². The Morgan fingerprint density at radius 3 is 2.67 bits per heavy atom. The van der Waals surface area contributed by atoms with Gasteiger partial charge in [0, 0.05) is 28.7 Å². The van der Waals surface area contributed by atoms with E-state index in [0.29, 0.717) is 6.04 Å². The van der Waals surface area contributed by atoms with Crippen LogP contribution in [-0.4, -0.2) is 30.6 Å². The minimum absolute atomic E-state index is 0.0818. The van der Waals surface area contributed by atoms with Crippen LogP contribution in [0.5, 0.6) is 0 Å². The maximum atomic E-state index is 14.2. The monoisotopic (exact) mass is 354 g/mol. The van der Waals surface area contributed by atoms with Crippen LogP contribution < -0.4 is 5.32 Å². The zero-order valence-electron chi connectivity index (χ0n) is 12.6. The van der Waals surface area contributed by atoms with Gasteiger partial charge in [-0.05, 0) is 69.8 Å². The van der Waals surface area contributed by atoms with Gasteiger partial charge in [0.1, 0.15) is 5.82 Å². The summed E-state index contributed by atoms with van der Waals surface area (Å²) < 4.78 is 15.1. The Hall–Kier alpha value is -0.450. The van der Waals surface area contributed by atoms with Gasteiger partial charge < -0.3 is 5.32 Å². The molecule has 1 aromatic carbocycles. The molecule has 0 bridgehead atoms. The lowest BCUT2D eigenvalue weighted by molar-refractivity contribution is 0.149. The van der Waals surface area contributed by atoms with Crippen molar-refractivity contribution in [3.05, 3.63) is 34.1 Å². The molecule has 0 aromatic heterocycles. The lowest BCUT2D eigenvalue weighted by atomic mass is 9.96. The highest BCUT2D eigenvalue weighted by Crippen LogP contribution is 2.37. The first-order valence-electron chi connectivity index (χ1n) is 8.06. The van der Waals surface area contributed by atoms with E-state index in [1.807, 2.05) is 6.07 Å². The molecule has 0 amide bonds. The first-order chi connectivity index (χ1) is 10.1. The quantitative estimate of drug-likeness (QED) is 0.855. The molecule has 2 fully saturated rings. The Morgan fingerprint density at radius 2 is 2.00 bits per heavy atom. The van der Waals surface area contributed by atoms with Crippen LogP contribution in [0.3, 0.4) is 0 Å². The first-order valence-corrected chi connectivity index (χ1v) is 8.86. The molecule has 4 heteroatoms. The SMILES string of the molecule is CC(c1cc(Br)ccc1F)N(CC1CCNCC1)C1CC1. The van der Waals surface area contributed by atoms with E-state index in [4.69, 9.17) is 0 Å². The Morgan fingerprint density at radius 1 is 1.29 bits per heavy atom. The van der Waals surface area contributed by atoms with E-state index in [9.17, 15) is 4.39 Å². The molecular formula is C17H24BrFN2. The van der Waals surface area contributed by atoms with Crippen LogP contribution in [0, 0.1) is 11.7 Å². The average Bonchev–Trinajstić information content (AvgIpc) is 3.32. The molecule has 0 spiro atoms. The number of halogens is 2. The van der Waals surface area contributed by atoms with Crippen molar-refractivity contribution in [1.29, 1.82) is 0 Å². The minimum atomic E-state index is -0.0818. The maximum absolute atomic E-state index is 14.2. The molecular weight excluding hydrogens is 331 g/mol. The van der Waals surface area contributed by atoms with Crippen LogP contribution in [0.4, 0.5) is 4.39 Å². The third kappa shape index (κ3) is 3.85. The Kier molecular flexibility index (Phi) is 4.97. The maximum Gasteiger partial charge on any atom is 0.128 e. The van der Waals surface area contributed by atoms with Gasteiger partial charge in [0.05, 0.1) is 0 Å². The summed E-state index contributed by atoms with van der Waals surface area (Å²) in [4.78, 5) is 2.54. The number of nitrogens with zero attached hydrogens (tertiary/aromatic N) is 1. The second kappa shape index (κ2) is 6.76. The van der Waals surface area contributed by atoms with Crippen molar-refractivity contribution in [3.63, 3.8) is 0 Å². The van der Waals surface area contributed by atoms with Crippen LogP contribution in [0.15, 0.2) is 22.7 Å². The Balaban J connectivity index is 1.74. The molecule has 1 aliphatic carbocycles. The fourth-order valence-electron chi connectivity index (χ4n) is 3.41. The second-order valence-corrected chi connectivity index (χ2v) is 7.38. The number of nitrogens with one attached hydrogen (secondary N) is 1. The lowest BCUT2D eigenvalue weighted by Gasteiger charge is -2.34. The van der Waals surface area contributed by atoms with E-state index in [1.165, 1.54) is 25.7 Å². The number of rotatable bonds is 5. The number of hydrogen-bond acceptors (Lipinski definition) is 2. The summed E-state index contributed by atoms with van der Waals surface area (Å²) in [6.45, 7) is 5.52. The summed E-state index contributed by atoms with van der Waals surface area (Å²) in [6, 6.07) is 6.11. The highest BCUT2D eigenvalue weighted by Gasteiger charge is 2.35. The van der Waals surface area contributed by atoms with Crippen molar-refractivity contribution < 1.29 is 4.39 Å². The van der Waals surface area contributed by atoms with Crippen molar-refractivity contribution in [1.82, 2.24) is 10.2 Å². The Labute approximate surface area is 135 Å². The van der Waals surface area contributed by atoms with Crippen LogP contribution in [0.25, 0.3) is 0 Å². The summed E-state index contributed by atoms with van der Waals surface area (Å²) in [6.07, 6.45) is 5.03. The smallest absolute Gasteiger partial charge is 0.128 e. The van der Waals surface area contributed by atoms with E-state index in [-0.39, 0.29) is 11.9 Å². The van der Waals surface area contributed by atoms with E-state index in [0.717, 1.165) is 35.6 Å². The van der Waals surface area contributed by atoms with Gasteiger partial charge in [-0.15, -0.1) is 0 Å². The predicted octanol–water partition coefficient (Wildman–Crippen LogP) is 4.11. The highest BCUT2D eigenvalue weighted by molar-refractivity contribution is 9.10. The average molecular weight is 355 g/mol. The molecule has 21 heavy (non-hydrogen) atoms. The molecule has 2 aliphatic rings. The highest BCUT2D eigenvalue weighted by atomic mass is 79.9. The summed E-state index contributed by atoms with van der Waals surface area (Å²) in [5, 5.41) is 3.43. The van der Waals surface area contributed by atoms with Crippen molar-refractivity contribution in [2.45, 2.75) is 44.7 Å². The van der Waals surface area contributed by atoms with E-state index in [2.05, 4.69) is 33.1 Å². The molecule has 1 unspecified atom stereocenters. The van der Waals surface area contributed by atoms with E-state index < -0.39 is 0 Å². The molecule has 116 valence electrons. The zero-order valence-corrected chi connectivity index (χ0v) is 14.2. The van der Waals surface area contributed by atoms with Crippen LogP contribution >= 0.6 is 15.9 Å². The van der Waals surface area contributed by atoms with Gasteiger partial charge in [0.15, 0.2) is 0 Å². The molecule has 1 N–H and O–H groups in total. The fourth-order valence-corrected chi connectivity index (χ4v) is 3.78. The molecule has 3 rings (SSSR count). The van der Waals surface area contributed by atoms with E-state index >= 15 is 0 Å². The molecule has 1 heterocycles. The minimum Gasteiger partial charge on any atom is -0.317 e. The van der Waals surface area contributed by atoms with Gasteiger partial charge in [0.2, 0.25) is 0 Å². The van der Waals surface area contributed by atoms with Gasteiger partial charge in [0.25, 0.3) is 0 Å². The number of benzene rings is 1. The summed E-state index contributed by atoms with van der Waals surface area (Å²) in [5.41, 5.74) is 0.824. The molecule has 1 aromatic rings. The van der Waals surface area contributed by atoms with Crippen molar-refractivity contribution in [2.75, 3.05) is 19.6 Å². The van der Waals surface area contributed by atoms with Gasteiger partial charge in [-0.1, -0.05) is 15.9 Å². The van der Waals surface area contributed by atoms with Crippen LogP contribution in [0.2, 0.25) is 0 Å². The summed E-state index contributed by atoms with van der Waals surface area (Å²) >= 11 is 3.47. The van der Waals surface area contributed by atoms with Crippen molar-refractivity contribution in [3.8, 4) is 0 Å². The third-order valence-corrected chi connectivity index (χ3v) is 5.34. The Bertz CT molecular complexity index is 484. The van der Waals surface area contributed by atoms with Crippen LogP contribution in [0.1, 0.15) is 44.2 Å². The predicted molar refractivity (Wildman–Crippen MR) is 87.8 cm³/mol. The molecule has 1 saturated heterocycles. The topological polar surface area (TPSA) is 15.3 Å². The summed E-state index contributed by atoms with van der Waals surface area (Å²) in [7, 11) is 0. The normalized spacial score (nSPS) is 21.7. The molecule has 1 aliphatic heterocycles. The molecule has 1 atom stereocenters. The summed E-state index contributed by atoms with van der Waals surface area (Å²) in [5.74, 6) is 0.672. The zero-order chi connectivity index (χ0) is 14.8. The molecule has 1 saturated carbocycles. The molecule has 2 nitrogen and oxygen atoms in total. The first kappa shape index (κ1) is 15.4. The molecule has 0 radical (unpaired) electrons. The second-order valence-electron chi connectivity index (χ2n) is 6.46. The van der Waals surface area contributed by atoms with Crippen LogP contribution in [-0.2, 0) is 0 Å². The van der Waals surface area contributed by atoms with Gasteiger partial charge >= 0.3 is 0 Å².